The summed E-state index contributed by atoms with van der Waals surface area (Å²) >= 11 is 3.84. The molecule has 0 saturated carbocycles. The molecule has 1 aliphatic rings. The fourth-order valence-corrected chi connectivity index (χ4v) is 3.28. The average Bonchev–Trinajstić information content (AvgIpc) is 2.33. The average molecular weight is 246 g/mol. The van der Waals surface area contributed by atoms with Gasteiger partial charge in [-0.05, 0) is 25.5 Å². The second-order valence-corrected chi connectivity index (χ2v) is 6.19. The molecule has 0 spiro atoms. The molecule has 1 N–H and O–H groups in total. The Hall–Kier alpha value is 0.170. The lowest BCUT2D eigenvalue weighted by atomic mass is 10.0. The van der Waals surface area contributed by atoms with Gasteiger partial charge >= 0.3 is 0 Å². The maximum atomic E-state index is 4.49. The molecular weight excluding hydrogens is 224 g/mol. The zero-order chi connectivity index (χ0) is 11.1. The molecule has 0 unspecified atom stereocenters. The minimum absolute atomic E-state index is 0.389. The topological polar surface area (TPSA) is 24.4 Å². The molecule has 88 valence electrons. The Balaban J connectivity index is 2.42. The van der Waals surface area contributed by atoms with E-state index >= 15 is 0 Å². The third-order valence-corrected chi connectivity index (χ3v) is 5.71. The first-order valence-electron chi connectivity index (χ1n) is 5.72. The van der Waals surface area contributed by atoms with E-state index in [4.69, 9.17) is 0 Å². The van der Waals surface area contributed by atoms with E-state index in [1.165, 1.54) is 25.0 Å². The van der Waals surface area contributed by atoms with E-state index < -0.39 is 0 Å². The van der Waals surface area contributed by atoms with Crippen LogP contribution in [-0.4, -0.2) is 35.0 Å². The first kappa shape index (κ1) is 13.2. The van der Waals surface area contributed by atoms with Crippen LogP contribution in [0, 0.1) is 0 Å². The van der Waals surface area contributed by atoms with E-state index in [1.54, 1.807) is 0 Å². The Bertz CT molecular complexity index is 204. The SMILES string of the molecule is CCC(CC)(CNC1=NCCCS1)SC. The number of nitrogens with one attached hydrogen (secondary N) is 1. The molecular formula is C11H22N2S2. The Morgan fingerprint density at radius 2 is 2.20 bits per heavy atom. The lowest BCUT2D eigenvalue weighted by Crippen LogP contribution is -2.39. The summed E-state index contributed by atoms with van der Waals surface area (Å²) in [5, 5.41) is 4.66. The van der Waals surface area contributed by atoms with Gasteiger partial charge in [0.1, 0.15) is 0 Å². The predicted octanol–water partition coefficient (Wildman–Crippen LogP) is 2.99. The Morgan fingerprint density at radius 1 is 1.47 bits per heavy atom. The van der Waals surface area contributed by atoms with Crippen molar-refractivity contribution in [3.8, 4) is 0 Å². The third kappa shape index (κ3) is 3.91. The molecule has 1 heterocycles. The zero-order valence-electron chi connectivity index (χ0n) is 10.0. The van der Waals surface area contributed by atoms with Crippen molar-refractivity contribution in [2.24, 2.45) is 4.99 Å². The van der Waals surface area contributed by atoms with Crippen molar-refractivity contribution >= 4 is 28.7 Å². The second kappa shape index (κ2) is 6.69. The summed E-state index contributed by atoms with van der Waals surface area (Å²) in [7, 11) is 0. The van der Waals surface area contributed by atoms with Crippen molar-refractivity contribution < 1.29 is 0 Å². The number of aliphatic imine (C=N–C) groups is 1. The van der Waals surface area contributed by atoms with Crippen molar-refractivity contribution in [3.05, 3.63) is 0 Å². The van der Waals surface area contributed by atoms with Crippen LogP contribution >= 0.6 is 23.5 Å². The molecule has 1 aliphatic heterocycles. The molecule has 0 aromatic carbocycles. The highest BCUT2D eigenvalue weighted by Crippen LogP contribution is 2.29. The van der Waals surface area contributed by atoms with Crippen LogP contribution in [-0.2, 0) is 0 Å². The minimum Gasteiger partial charge on any atom is -0.364 e. The first-order chi connectivity index (χ1) is 7.26. The van der Waals surface area contributed by atoms with E-state index in [1.807, 2.05) is 23.5 Å². The number of hydrogen-bond donors (Lipinski definition) is 1. The smallest absolute Gasteiger partial charge is 0.156 e. The van der Waals surface area contributed by atoms with Crippen LogP contribution in [0.5, 0.6) is 0 Å². The Labute approximate surface area is 102 Å². The Morgan fingerprint density at radius 3 is 2.67 bits per heavy atom. The summed E-state index contributed by atoms with van der Waals surface area (Å²) < 4.78 is 0.389. The summed E-state index contributed by atoms with van der Waals surface area (Å²) in [6.07, 6.45) is 5.88. The molecule has 0 aromatic rings. The fourth-order valence-electron chi connectivity index (χ4n) is 1.66. The van der Waals surface area contributed by atoms with Crippen molar-refractivity contribution in [3.63, 3.8) is 0 Å². The van der Waals surface area contributed by atoms with Gasteiger partial charge in [-0.15, -0.1) is 0 Å². The van der Waals surface area contributed by atoms with Gasteiger partial charge in [0.2, 0.25) is 0 Å². The van der Waals surface area contributed by atoms with E-state index in [0.717, 1.165) is 18.3 Å². The lowest BCUT2D eigenvalue weighted by Gasteiger charge is -2.30. The van der Waals surface area contributed by atoms with Crippen LogP contribution in [0.15, 0.2) is 4.99 Å². The fraction of sp³-hybridized carbons (Fsp3) is 0.909. The molecule has 1 rings (SSSR count). The number of hydrogen-bond acceptors (Lipinski definition) is 4. The van der Waals surface area contributed by atoms with Crippen molar-refractivity contribution in [1.29, 1.82) is 0 Å². The summed E-state index contributed by atoms with van der Waals surface area (Å²) in [5.74, 6) is 1.22. The maximum absolute atomic E-state index is 4.49. The summed E-state index contributed by atoms with van der Waals surface area (Å²) in [5.41, 5.74) is 0. The van der Waals surface area contributed by atoms with Gasteiger partial charge in [0.25, 0.3) is 0 Å². The van der Waals surface area contributed by atoms with E-state index in [-0.39, 0.29) is 0 Å². The molecule has 0 radical (unpaired) electrons. The van der Waals surface area contributed by atoms with E-state index in [2.05, 4.69) is 30.4 Å². The van der Waals surface area contributed by atoms with Gasteiger partial charge in [0.05, 0.1) is 0 Å². The molecule has 0 aromatic heterocycles. The van der Waals surface area contributed by atoms with Crippen molar-refractivity contribution in [2.75, 3.05) is 25.1 Å². The van der Waals surface area contributed by atoms with Crippen LogP contribution in [0.4, 0.5) is 0 Å². The third-order valence-electron chi connectivity index (χ3n) is 3.08. The normalized spacial score (nSPS) is 17.4. The predicted molar refractivity (Wildman–Crippen MR) is 74.2 cm³/mol. The number of thioether (sulfide) groups is 2. The number of amidine groups is 1. The second-order valence-electron chi connectivity index (χ2n) is 3.84. The largest absolute Gasteiger partial charge is 0.364 e. The maximum Gasteiger partial charge on any atom is 0.156 e. The first-order valence-corrected chi connectivity index (χ1v) is 7.93. The molecule has 0 aliphatic carbocycles. The highest BCUT2D eigenvalue weighted by molar-refractivity contribution is 8.13. The zero-order valence-corrected chi connectivity index (χ0v) is 11.6. The van der Waals surface area contributed by atoms with Gasteiger partial charge in [-0.3, -0.25) is 4.99 Å². The van der Waals surface area contributed by atoms with Gasteiger partial charge in [0.15, 0.2) is 5.17 Å². The molecule has 0 amide bonds. The molecule has 2 nitrogen and oxygen atoms in total. The summed E-state index contributed by atoms with van der Waals surface area (Å²) in [6, 6.07) is 0. The quantitative estimate of drug-likeness (QED) is 0.807. The van der Waals surface area contributed by atoms with Gasteiger partial charge in [0, 0.05) is 23.6 Å². The Kier molecular flexibility index (Phi) is 5.90. The van der Waals surface area contributed by atoms with Crippen molar-refractivity contribution in [1.82, 2.24) is 5.32 Å². The molecule has 0 saturated heterocycles. The molecule has 0 bridgehead atoms. The monoisotopic (exact) mass is 246 g/mol. The molecule has 15 heavy (non-hydrogen) atoms. The summed E-state index contributed by atoms with van der Waals surface area (Å²) in [4.78, 5) is 4.49. The van der Waals surface area contributed by atoms with Crippen LogP contribution in [0.3, 0.4) is 0 Å². The van der Waals surface area contributed by atoms with Gasteiger partial charge in [-0.25, -0.2) is 0 Å². The number of nitrogens with zero attached hydrogens (tertiary/aromatic N) is 1. The molecule has 0 fully saturated rings. The highest BCUT2D eigenvalue weighted by Gasteiger charge is 2.25. The van der Waals surface area contributed by atoms with Crippen LogP contribution in [0.2, 0.25) is 0 Å². The standard InChI is InChI=1S/C11H22N2S2/c1-4-11(5-2,14-3)9-13-10-12-7-6-8-15-10/h4-9H2,1-3H3,(H,12,13). The van der Waals surface area contributed by atoms with Gasteiger partial charge < -0.3 is 5.32 Å². The minimum atomic E-state index is 0.389. The number of rotatable bonds is 5. The summed E-state index contributed by atoms with van der Waals surface area (Å²) in [6.45, 7) is 6.60. The van der Waals surface area contributed by atoms with E-state index in [0.29, 0.717) is 4.75 Å². The van der Waals surface area contributed by atoms with Crippen molar-refractivity contribution in [2.45, 2.75) is 37.9 Å². The molecule has 0 atom stereocenters. The van der Waals surface area contributed by atoms with Crippen LogP contribution in [0.1, 0.15) is 33.1 Å². The van der Waals surface area contributed by atoms with E-state index in [9.17, 15) is 0 Å². The highest BCUT2D eigenvalue weighted by atomic mass is 32.2. The lowest BCUT2D eigenvalue weighted by molar-refractivity contribution is 0.538. The molecule has 4 heteroatoms. The van der Waals surface area contributed by atoms with Crippen LogP contribution in [0.25, 0.3) is 0 Å². The van der Waals surface area contributed by atoms with Crippen LogP contribution < -0.4 is 5.32 Å². The van der Waals surface area contributed by atoms with Gasteiger partial charge in [-0.2, -0.15) is 11.8 Å². The van der Waals surface area contributed by atoms with Gasteiger partial charge in [-0.1, -0.05) is 25.6 Å².